The number of hydrogen-bond acceptors (Lipinski definition) is 2. The Labute approximate surface area is 117 Å². The molecule has 88 valence electrons. The van der Waals surface area contributed by atoms with E-state index in [9.17, 15) is 0 Å². The van der Waals surface area contributed by atoms with Crippen LogP contribution in [0.25, 0.3) is 0 Å². The maximum absolute atomic E-state index is 5.67. The number of aryl methyl sites for hydroxylation is 1. The molecule has 0 radical (unpaired) electrons. The molecular formula is C13H11Br2NO. The zero-order valence-electron chi connectivity index (χ0n) is 9.28. The van der Waals surface area contributed by atoms with Crippen molar-refractivity contribution in [2.75, 3.05) is 0 Å². The van der Waals surface area contributed by atoms with Gasteiger partial charge in [0.15, 0.2) is 0 Å². The summed E-state index contributed by atoms with van der Waals surface area (Å²) in [6, 6.07) is 9.97. The molecule has 4 heteroatoms. The largest absolute Gasteiger partial charge is 0.472 e. The number of benzene rings is 1. The van der Waals surface area contributed by atoms with Gasteiger partial charge in [0.25, 0.3) is 0 Å². The van der Waals surface area contributed by atoms with Crippen molar-refractivity contribution in [1.82, 2.24) is 4.98 Å². The molecule has 0 atom stereocenters. The third-order valence-electron chi connectivity index (χ3n) is 2.27. The van der Waals surface area contributed by atoms with E-state index in [4.69, 9.17) is 4.74 Å². The van der Waals surface area contributed by atoms with E-state index in [2.05, 4.69) is 36.8 Å². The van der Waals surface area contributed by atoms with E-state index >= 15 is 0 Å². The molecule has 0 saturated heterocycles. The fourth-order valence-electron chi connectivity index (χ4n) is 1.39. The van der Waals surface area contributed by atoms with Crippen LogP contribution in [-0.2, 0) is 6.61 Å². The standard InChI is InChI=1S/C13H11Br2NO/c1-9-6-12(15)13(16-7-9)17-8-10-4-2-3-5-11(10)14/h2-7H,8H2,1H3. The molecule has 0 amide bonds. The van der Waals surface area contributed by atoms with Gasteiger partial charge >= 0.3 is 0 Å². The van der Waals surface area contributed by atoms with E-state index in [0.717, 1.165) is 20.1 Å². The van der Waals surface area contributed by atoms with Gasteiger partial charge in [0.05, 0.1) is 4.47 Å². The first-order valence-corrected chi connectivity index (χ1v) is 6.74. The molecule has 0 spiro atoms. The molecule has 0 saturated carbocycles. The Kier molecular flexibility index (Phi) is 4.18. The Bertz CT molecular complexity index is 529. The van der Waals surface area contributed by atoms with E-state index in [0.29, 0.717) is 12.5 Å². The Morgan fingerprint density at radius 2 is 1.94 bits per heavy atom. The molecule has 1 heterocycles. The van der Waals surface area contributed by atoms with Crippen LogP contribution in [0.2, 0.25) is 0 Å². The second-order valence-electron chi connectivity index (χ2n) is 3.68. The molecule has 0 bridgehead atoms. The van der Waals surface area contributed by atoms with Crippen LogP contribution in [0.4, 0.5) is 0 Å². The lowest BCUT2D eigenvalue weighted by molar-refractivity contribution is 0.291. The molecule has 1 aromatic carbocycles. The summed E-state index contributed by atoms with van der Waals surface area (Å²) in [5.41, 5.74) is 2.20. The fraction of sp³-hybridized carbons (Fsp3) is 0.154. The summed E-state index contributed by atoms with van der Waals surface area (Å²) in [6.07, 6.45) is 1.79. The summed E-state index contributed by atoms with van der Waals surface area (Å²) in [5.74, 6) is 0.617. The third kappa shape index (κ3) is 3.30. The maximum atomic E-state index is 5.67. The van der Waals surface area contributed by atoms with Crippen LogP contribution in [-0.4, -0.2) is 4.98 Å². The van der Waals surface area contributed by atoms with Gasteiger partial charge in [-0.05, 0) is 40.5 Å². The number of pyridine rings is 1. The van der Waals surface area contributed by atoms with E-state index in [1.54, 1.807) is 6.20 Å². The van der Waals surface area contributed by atoms with Crippen molar-refractivity contribution in [3.05, 3.63) is 56.6 Å². The van der Waals surface area contributed by atoms with Crippen LogP contribution in [0.15, 0.2) is 45.5 Å². The minimum atomic E-state index is 0.496. The number of hydrogen-bond donors (Lipinski definition) is 0. The van der Waals surface area contributed by atoms with E-state index < -0.39 is 0 Å². The van der Waals surface area contributed by atoms with E-state index in [-0.39, 0.29) is 0 Å². The normalized spacial score (nSPS) is 10.3. The number of rotatable bonds is 3. The molecule has 0 unspecified atom stereocenters. The summed E-state index contributed by atoms with van der Waals surface area (Å²) in [6.45, 7) is 2.49. The summed E-state index contributed by atoms with van der Waals surface area (Å²) < 4.78 is 7.59. The predicted octanol–water partition coefficient (Wildman–Crippen LogP) is 4.49. The van der Waals surface area contributed by atoms with E-state index in [1.165, 1.54) is 0 Å². The Hall–Kier alpha value is -0.870. The van der Waals surface area contributed by atoms with Crippen molar-refractivity contribution in [2.24, 2.45) is 0 Å². The highest BCUT2D eigenvalue weighted by atomic mass is 79.9. The van der Waals surface area contributed by atoms with Gasteiger partial charge < -0.3 is 4.74 Å². The summed E-state index contributed by atoms with van der Waals surface area (Å²) in [7, 11) is 0. The van der Waals surface area contributed by atoms with Crippen molar-refractivity contribution in [3.63, 3.8) is 0 Å². The minimum absolute atomic E-state index is 0.496. The Morgan fingerprint density at radius 3 is 2.65 bits per heavy atom. The lowest BCUT2D eigenvalue weighted by atomic mass is 10.2. The number of ether oxygens (including phenoxy) is 1. The van der Waals surface area contributed by atoms with E-state index in [1.807, 2.05) is 37.3 Å². The van der Waals surface area contributed by atoms with Gasteiger partial charge in [0.2, 0.25) is 5.88 Å². The van der Waals surface area contributed by atoms with Crippen LogP contribution in [0.5, 0.6) is 5.88 Å². The molecule has 2 rings (SSSR count). The first-order valence-electron chi connectivity index (χ1n) is 5.15. The SMILES string of the molecule is Cc1cnc(OCc2ccccc2Br)c(Br)c1. The van der Waals surface area contributed by atoms with Crippen LogP contribution in [0.1, 0.15) is 11.1 Å². The molecule has 1 aromatic heterocycles. The highest BCUT2D eigenvalue weighted by Crippen LogP contribution is 2.24. The highest BCUT2D eigenvalue weighted by molar-refractivity contribution is 9.10. The van der Waals surface area contributed by atoms with Crippen molar-refractivity contribution < 1.29 is 4.74 Å². The van der Waals surface area contributed by atoms with Gasteiger partial charge in [-0.15, -0.1) is 0 Å². The minimum Gasteiger partial charge on any atom is -0.472 e. The second-order valence-corrected chi connectivity index (χ2v) is 5.39. The zero-order valence-corrected chi connectivity index (χ0v) is 12.5. The first-order chi connectivity index (χ1) is 8.16. The van der Waals surface area contributed by atoms with Crippen LogP contribution in [0.3, 0.4) is 0 Å². The molecule has 2 nitrogen and oxygen atoms in total. The maximum Gasteiger partial charge on any atom is 0.228 e. The quantitative estimate of drug-likeness (QED) is 0.808. The Morgan fingerprint density at radius 1 is 1.18 bits per heavy atom. The second kappa shape index (κ2) is 5.65. The van der Waals surface area contributed by atoms with Crippen molar-refractivity contribution in [3.8, 4) is 5.88 Å². The smallest absolute Gasteiger partial charge is 0.228 e. The van der Waals surface area contributed by atoms with Crippen molar-refractivity contribution >= 4 is 31.9 Å². The van der Waals surface area contributed by atoms with Crippen LogP contribution in [0, 0.1) is 6.92 Å². The summed E-state index contributed by atoms with van der Waals surface area (Å²) in [4.78, 5) is 4.24. The Balaban J connectivity index is 2.10. The molecule has 0 aliphatic carbocycles. The van der Waals surface area contributed by atoms with Gasteiger partial charge in [0.1, 0.15) is 6.61 Å². The van der Waals surface area contributed by atoms with Gasteiger partial charge in [-0.3, -0.25) is 0 Å². The molecule has 17 heavy (non-hydrogen) atoms. The number of aromatic nitrogens is 1. The average molecular weight is 357 g/mol. The lowest BCUT2D eigenvalue weighted by Gasteiger charge is -2.08. The summed E-state index contributed by atoms with van der Waals surface area (Å²) in [5, 5.41) is 0. The molecule has 2 aromatic rings. The average Bonchev–Trinajstić information content (AvgIpc) is 2.30. The number of halogens is 2. The molecule has 0 fully saturated rings. The first kappa shape index (κ1) is 12.6. The van der Waals surface area contributed by atoms with Crippen LogP contribution < -0.4 is 4.74 Å². The molecule has 0 N–H and O–H groups in total. The van der Waals surface area contributed by atoms with Gasteiger partial charge in [0, 0.05) is 16.2 Å². The topological polar surface area (TPSA) is 22.1 Å². The van der Waals surface area contributed by atoms with Gasteiger partial charge in [-0.25, -0.2) is 4.98 Å². The fourth-order valence-corrected chi connectivity index (χ4v) is 2.37. The summed E-state index contributed by atoms with van der Waals surface area (Å²) >= 11 is 6.93. The highest BCUT2D eigenvalue weighted by Gasteiger charge is 2.04. The molecule has 0 aliphatic rings. The predicted molar refractivity (Wildman–Crippen MR) is 75.1 cm³/mol. The zero-order chi connectivity index (χ0) is 12.3. The monoisotopic (exact) mass is 355 g/mol. The van der Waals surface area contributed by atoms with Crippen LogP contribution >= 0.6 is 31.9 Å². The van der Waals surface area contributed by atoms with Crippen molar-refractivity contribution in [2.45, 2.75) is 13.5 Å². The lowest BCUT2D eigenvalue weighted by Crippen LogP contribution is -1.99. The number of nitrogens with zero attached hydrogens (tertiary/aromatic N) is 1. The van der Waals surface area contributed by atoms with Gasteiger partial charge in [-0.1, -0.05) is 34.1 Å². The third-order valence-corrected chi connectivity index (χ3v) is 3.61. The van der Waals surface area contributed by atoms with Crippen molar-refractivity contribution in [1.29, 1.82) is 0 Å². The van der Waals surface area contributed by atoms with Gasteiger partial charge in [-0.2, -0.15) is 0 Å². The molecular weight excluding hydrogens is 346 g/mol. The molecule has 0 aliphatic heterocycles.